The number of nitrogens with zero attached hydrogens (tertiary/aromatic N) is 2. The van der Waals surface area contributed by atoms with Gasteiger partial charge >= 0.3 is 0 Å². The van der Waals surface area contributed by atoms with Gasteiger partial charge in [0.2, 0.25) is 11.8 Å². The first-order valence-corrected chi connectivity index (χ1v) is 6.39. The molecule has 2 saturated heterocycles. The first-order valence-electron chi connectivity index (χ1n) is 6.39. The predicted octanol–water partition coefficient (Wildman–Crippen LogP) is -0.195. The molecule has 2 heterocycles. The van der Waals surface area contributed by atoms with Crippen molar-refractivity contribution in [3.05, 3.63) is 0 Å². The van der Waals surface area contributed by atoms with Gasteiger partial charge in [-0.1, -0.05) is 6.92 Å². The molecular weight excluding hydrogens is 218 g/mol. The lowest BCUT2D eigenvalue weighted by Crippen LogP contribution is -2.48. The molecule has 0 aliphatic carbocycles. The Morgan fingerprint density at radius 1 is 1.24 bits per heavy atom. The number of carbonyl (C=O) groups is 2. The number of hydrogen-bond acceptors (Lipinski definition) is 4. The zero-order chi connectivity index (χ0) is 12.4. The Balaban J connectivity index is 1.79. The maximum absolute atomic E-state index is 11.4. The third kappa shape index (κ3) is 2.84. The maximum Gasteiger partial charge on any atom is 0.229 e. The van der Waals surface area contributed by atoms with Crippen LogP contribution in [-0.4, -0.2) is 53.8 Å². The molecule has 0 aromatic carbocycles. The molecule has 2 rings (SSSR count). The van der Waals surface area contributed by atoms with E-state index < -0.39 is 0 Å². The molecule has 2 unspecified atom stereocenters. The second-order valence-electron chi connectivity index (χ2n) is 5.17. The monoisotopic (exact) mass is 239 g/mol. The van der Waals surface area contributed by atoms with Crippen LogP contribution in [0, 0.1) is 5.92 Å². The van der Waals surface area contributed by atoms with Gasteiger partial charge in [0.05, 0.1) is 0 Å². The third-order valence-electron chi connectivity index (χ3n) is 3.85. The van der Waals surface area contributed by atoms with Crippen molar-refractivity contribution in [1.82, 2.24) is 9.80 Å². The average molecular weight is 239 g/mol. The lowest BCUT2D eigenvalue weighted by molar-refractivity contribution is -0.138. The second-order valence-corrected chi connectivity index (χ2v) is 5.17. The summed E-state index contributed by atoms with van der Waals surface area (Å²) in [6.45, 7) is 5.43. The lowest BCUT2D eigenvalue weighted by Gasteiger charge is -2.35. The van der Waals surface area contributed by atoms with E-state index in [-0.39, 0.29) is 11.8 Å². The third-order valence-corrected chi connectivity index (χ3v) is 3.85. The summed E-state index contributed by atoms with van der Waals surface area (Å²) in [5, 5.41) is 0. The van der Waals surface area contributed by atoms with Gasteiger partial charge in [-0.25, -0.2) is 0 Å². The molecule has 0 bridgehead atoms. The van der Waals surface area contributed by atoms with E-state index >= 15 is 0 Å². The van der Waals surface area contributed by atoms with Crippen molar-refractivity contribution in [2.45, 2.75) is 32.2 Å². The van der Waals surface area contributed by atoms with Crippen LogP contribution in [0.1, 0.15) is 26.2 Å². The second kappa shape index (κ2) is 5.14. The van der Waals surface area contributed by atoms with Gasteiger partial charge in [-0.15, -0.1) is 0 Å². The van der Waals surface area contributed by atoms with Crippen LogP contribution in [-0.2, 0) is 9.59 Å². The van der Waals surface area contributed by atoms with E-state index in [0.717, 1.165) is 26.1 Å². The van der Waals surface area contributed by atoms with Gasteiger partial charge in [-0.05, 0) is 18.9 Å². The van der Waals surface area contributed by atoms with Gasteiger partial charge in [0.25, 0.3) is 0 Å². The largest absolute Gasteiger partial charge is 0.327 e. The molecule has 5 nitrogen and oxygen atoms in total. The number of nitrogens with two attached hydrogens (primary N) is 1. The normalized spacial score (nSPS) is 31.3. The summed E-state index contributed by atoms with van der Waals surface area (Å²) in [5.74, 6) is 0.460. The molecule has 0 spiro atoms. The minimum atomic E-state index is -0.0169. The van der Waals surface area contributed by atoms with Gasteiger partial charge in [0.15, 0.2) is 0 Å². The van der Waals surface area contributed by atoms with Crippen LogP contribution in [0.4, 0.5) is 0 Å². The van der Waals surface area contributed by atoms with E-state index in [0.29, 0.717) is 31.3 Å². The highest BCUT2D eigenvalue weighted by Gasteiger charge is 2.30. The van der Waals surface area contributed by atoms with E-state index in [4.69, 9.17) is 5.73 Å². The molecular formula is C12H21N3O2. The first-order chi connectivity index (χ1) is 8.08. The Kier molecular flexibility index (Phi) is 3.79. The van der Waals surface area contributed by atoms with Crippen molar-refractivity contribution in [2.75, 3.05) is 26.2 Å². The highest BCUT2D eigenvalue weighted by molar-refractivity contribution is 6.01. The highest BCUT2D eigenvalue weighted by atomic mass is 16.2. The number of piperidine rings is 1. The SMILES string of the molecule is CC1CN(CCN2C(=O)CCC2=O)CCC1N. The summed E-state index contributed by atoms with van der Waals surface area (Å²) < 4.78 is 0. The van der Waals surface area contributed by atoms with Crippen LogP contribution in [0.2, 0.25) is 0 Å². The summed E-state index contributed by atoms with van der Waals surface area (Å²) in [4.78, 5) is 26.6. The quantitative estimate of drug-likeness (QED) is 0.693. The van der Waals surface area contributed by atoms with E-state index in [9.17, 15) is 9.59 Å². The van der Waals surface area contributed by atoms with Crippen molar-refractivity contribution >= 4 is 11.8 Å². The summed E-state index contributed by atoms with van der Waals surface area (Å²) in [6.07, 6.45) is 1.78. The molecule has 0 aromatic rings. The predicted molar refractivity (Wildman–Crippen MR) is 64.2 cm³/mol. The fourth-order valence-electron chi connectivity index (χ4n) is 2.57. The van der Waals surface area contributed by atoms with Crippen LogP contribution in [0.3, 0.4) is 0 Å². The molecule has 2 N–H and O–H groups in total. The van der Waals surface area contributed by atoms with Crippen molar-refractivity contribution in [1.29, 1.82) is 0 Å². The van der Waals surface area contributed by atoms with Gasteiger partial charge in [0, 0.05) is 38.5 Å². The summed E-state index contributed by atoms with van der Waals surface area (Å²) in [6, 6.07) is 0.293. The fourth-order valence-corrected chi connectivity index (χ4v) is 2.57. The molecule has 2 fully saturated rings. The van der Waals surface area contributed by atoms with Crippen LogP contribution in [0.5, 0.6) is 0 Å². The number of imide groups is 1. The molecule has 5 heteroatoms. The van der Waals surface area contributed by atoms with Gasteiger partial charge in [-0.3, -0.25) is 14.5 Å². The molecule has 2 amide bonds. The molecule has 17 heavy (non-hydrogen) atoms. The van der Waals surface area contributed by atoms with Crippen LogP contribution >= 0.6 is 0 Å². The van der Waals surface area contributed by atoms with Gasteiger partial charge < -0.3 is 10.6 Å². The van der Waals surface area contributed by atoms with E-state index in [2.05, 4.69) is 11.8 Å². The Hall–Kier alpha value is -0.940. The van der Waals surface area contributed by atoms with Crippen LogP contribution in [0.25, 0.3) is 0 Å². The fraction of sp³-hybridized carbons (Fsp3) is 0.833. The summed E-state index contributed by atoms with van der Waals surface area (Å²) in [7, 11) is 0. The van der Waals surface area contributed by atoms with Crippen LogP contribution in [0.15, 0.2) is 0 Å². The highest BCUT2D eigenvalue weighted by Crippen LogP contribution is 2.16. The number of likely N-dealkylation sites (tertiary alicyclic amines) is 2. The van der Waals surface area contributed by atoms with Crippen LogP contribution < -0.4 is 5.73 Å². The zero-order valence-electron chi connectivity index (χ0n) is 10.4. The number of hydrogen-bond donors (Lipinski definition) is 1. The van der Waals surface area contributed by atoms with Crippen molar-refractivity contribution in [2.24, 2.45) is 11.7 Å². The number of amides is 2. The van der Waals surface area contributed by atoms with Gasteiger partial charge in [-0.2, -0.15) is 0 Å². The Labute approximate surface area is 102 Å². The lowest BCUT2D eigenvalue weighted by atomic mass is 9.95. The minimum Gasteiger partial charge on any atom is -0.327 e. The van der Waals surface area contributed by atoms with E-state index in [1.165, 1.54) is 4.90 Å². The van der Waals surface area contributed by atoms with E-state index in [1.54, 1.807) is 0 Å². The first kappa shape index (κ1) is 12.5. The summed E-state index contributed by atoms with van der Waals surface area (Å²) >= 11 is 0. The Bertz CT molecular complexity index is 303. The zero-order valence-corrected chi connectivity index (χ0v) is 10.4. The molecule has 2 atom stereocenters. The summed E-state index contributed by atoms with van der Waals surface area (Å²) in [5.41, 5.74) is 5.96. The topological polar surface area (TPSA) is 66.6 Å². The average Bonchev–Trinajstić information content (AvgIpc) is 2.61. The minimum absolute atomic E-state index is 0.0169. The molecule has 96 valence electrons. The Morgan fingerprint density at radius 3 is 2.47 bits per heavy atom. The number of rotatable bonds is 3. The smallest absolute Gasteiger partial charge is 0.229 e. The molecule has 0 aromatic heterocycles. The molecule has 0 saturated carbocycles. The maximum atomic E-state index is 11.4. The molecule has 0 radical (unpaired) electrons. The molecule has 2 aliphatic rings. The van der Waals surface area contributed by atoms with Crippen molar-refractivity contribution in [3.63, 3.8) is 0 Å². The van der Waals surface area contributed by atoms with Crippen molar-refractivity contribution in [3.8, 4) is 0 Å². The standard InChI is InChI=1S/C12H21N3O2/c1-9-8-14(5-4-10(9)13)6-7-15-11(16)2-3-12(15)17/h9-10H,2-8,13H2,1H3. The molecule has 2 aliphatic heterocycles. The van der Waals surface area contributed by atoms with Gasteiger partial charge in [0.1, 0.15) is 0 Å². The van der Waals surface area contributed by atoms with Crippen molar-refractivity contribution < 1.29 is 9.59 Å². The Morgan fingerprint density at radius 2 is 1.88 bits per heavy atom. The number of carbonyl (C=O) groups excluding carboxylic acids is 2. The van der Waals surface area contributed by atoms with E-state index in [1.807, 2.05) is 0 Å².